The molecular weight excluding hydrogens is 328 g/mol. The second-order valence-corrected chi connectivity index (χ2v) is 13.0. The SMILES string of the molecule is C=C(CCC1OC(=O)c2ccccc21)CO[Si](C)(C)C(C)(C)C(C)C. The van der Waals surface area contributed by atoms with Crippen LogP contribution in [0.15, 0.2) is 36.4 Å². The molecule has 1 aliphatic rings. The molecule has 0 amide bonds. The summed E-state index contributed by atoms with van der Waals surface area (Å²) in [6.07, 6.45) is 1.41. The van der Waals surface area contributed by atoms with E-state index in [1.165, 1.54) is 0 Å². The van der Waals surface area contributed by atoms with Crippen LogP contribution in [0.4, 0.5) is 0 Å². The first-order valence-electron chi connectivity index (χ1n) is 9.17. The number of benzene rings is 1. The van der Waals surface area contributed by atoms with Gasteiger partial charge in [-0.1, -0.05) is 58.0 Å². The Morgan fingerprint density at radius 3 is 2.60 bits per heavy atom. The van der Waals surface area contributed by atoms with E-state index in [4.69, 9.17) is 9.16 Å². The van der Waals surface area contributed by atoms with Crippen LogP contribution in [0.25, 0.3) is 0 Å². The van der Waals surface area contributed by atoms with E-state index in [0.29, 0.717) is 18.1 Å². The first-order chi connectivity index (χ1) is 11.6. The van der Waals surface area contributed by atoms with Gasteiger partial charge in [0.2, 0.25) is 0 Å². The molecule has 0 N–H and O–H groups in total. The molecule has 0 spiro atoms. The number of rotatable bonds is 8. The molecule has 0 fully saturated rings. The van der Waals surface area contributed by atoms with Crippen molar-refractivity contribution in [1.82, 2.24) is 0 Å². The van der Waals surface area contributed by atoms with Crippen molar-refractivity contribution in [2.45, 2.75) is 64.8 Å². The maximum Gasteiger partial charge on any atom is 0.339 e. The van der Waals surface area contributed by atoms with Gasteiger partial charge in [-0.15, -0.1) is 0 Å². The van der Waals surface area contributed by atoms with Crippen molar-refractivity contribution in [2.24, 2.45) is 5.92 Å². The van der Waals surface area contributed by atoms with Crippen LogP contribution in [0.5, 0.6) is 0 Å². The van der Waals surface area contributed by atoms with E-state index in [9.17, 15) is 4.79 Å². The highest BCUT2D eigenvalue weighted by Gasteiger charge is 2.43. The third-order valence-corrected chi connectivity index (χ3v) is 10.7. The highest BCUT2D eigenvalue weighted by Crippen LogP contribution is 2.44. The average Bonchev–Trinajstić information content (AvgIpc) is 2.87. The van der Waals surface area contributed by atoms with Gasteiger partial charge in [-0.05, 0) is 43.0 Å². The van der Waals surface area contributed by atoms with E-state index in [1.54, 1.807) is 0 Å². The first-order valence-corrected chi connectivity index (χ1v) is 12.1. The summed E-state index contributed by atoms with van der Waals surface area (Å²) in [4.78, 5) is 11.9. The molecule has 0 bridgehead atoms. The number of ether oxygens (including phenoxy) is 1. The van der Waals surface area contributed by atoms with Gasteiger partial charge in [-0.25, -0.2) is 4.79 Å². The van der Waals surface area contributed by atoms with Crippen LogP contribution in [0, 0.1) is 5.92 Å². The zero-order valence-corrected chi connectivity index (χ0v) is 17.5. The lowest BCUT2D eigenvalue weighted by Crippen LogP contribution is -2.45. The highest BCUT2D eigenvalue weighted by atomic mass is 28.4. The molecule has 138 valence electrons. The standard InChI is InChI=1S/C21H32O3Si/c1-15(2)21(4,5)25(6,7)23-14-16(3)12-13-19-17-10-8-9-11-18(17)20(22)24-19/h8-11,15,19H,3,12-14H2,1-2,4-7H3. The zero-order chi connectivity index (χ0) is 18.8. The monoisotopic (exact) mass is 360 g/mol. The van der Waals surface area contributed by atoms with Crippen LogP contribution < -0.4 is 0 Å². The molecule has 1 atom stereocenters. The van der Waals surface area contributed by atoms with Crippen LogP contribution in [0.2, 0.25) is 18.1 Å². The summed E-state index contributed by atoms with van der Waals surface area (Å²) in [5, 5.41) is 0.202. The predicted octanol–water partition coefficient (Wildman–Crippen LogP) is 5.89. The van der Waals surface area contributed by atoms with Crippen LogP contribution in [-0.2, 0) is 9.16 Å². The molecule has 0 aliphatic carbocycles. The van der Waals surface area contributed by atoms with Crippen LogP contribution in [-0.4, -0.2) is 20.9 Å². The van der Waals surface area contributed by atoms with Gasteiger partial charge in [0.1, 0.15) is 6.10 Å². The number of fused-ring (bicyclic) bond motifs is 1. The smallest absolute Gasteiger partial charge is 0.339 e. The molecule has 0 saturated carbocycles. The third kappa shape index (κ3) is 4.24. The number of cyclic esters (lactones) is 1. The van der Waals surface area contributed by atoms with Gasteiger partial charge in [0.15, 0.2) is 8.32 Å². The fourth-order valence-electron chi connectivity index (χ4n) is 3.01. The normalized spacial score (nSPS) is 17.6. The van der Waals surface area contributed by atoms with Gasteiger partial charge in [0.25, 0.3) is 0 Å². The van der Waals surface area contributed by atoms with Gasteiger partial charge in [0, 0.05) is 5.56 Å². The quantitative estimate of drug-likeness (QED) is 0.329. The Labute approximate surface area is 153 Å². The number of hydrogen-bond donors (Lipinski definition) is 0. The maximum atomic E-state index is 11.9. The summed E-state index contributed by atoms with van der Waals surface area (Å²) in [5.74, 6) is 0.367. The van der Waals surface area contributed by atoms with Crippen molar-refractivity contribution in [3.05, 3.63) is 47.5 Å². The minimum absolute atomic E-state index is 0.155. The largest absolute Gasteiger partial charge is 0.454 e. The minimum atomic E-state index is -1.83. The average molecular weight is 361 g/mol. The molecule has 25 heavy (non-hydrogen) atoms. The number of esters is 1. The van der Waals surface area contributed by atoms with E-state index in [-0.39, 0.29) is 17.1 Å². The topological polar surface area (TPSA) is 35.5 Å². The fraction of sp³-hybridized carbons (Fsp3) is 0.571. The Balaban J connectivity index is 1.87. The van der Waals surface area contributed by atoms with Crippen molar-refractivity contribution in [1.29, 1.82) is 0 Å². The summed E-state index contributed by atoms with van der Waals surface area (Å²) >= 11 is 0. The van der Waals surface area contributed by atoms with Crippen LogP contribution >= 0.6 is 0 Å². The van der Waals surface area contributed by atoms with Gasteiger partial charge in [-0.3, -0.25) is 0 Å². The molecule has 1 heterocycles. The molecule has 0 radical (unpaired) electrons. The van der Waals surface area contributed by atoms with Crippen molar-refractivity contribution >= 4 is 14.3 Å². The van der Waals surface area contributed by atoms with Gasteiger partial charge in [-0.2, -0.15) is 0 Å². The fourth-order valence-corrected chi connectivity index (χ4v) is 5.33. The molecule has 1 aliphatic heterocycles. The Kier molecular flexibility index (Phi) is 5.95. The van der Waals surface area contributed by atoms with Crippen molar-refractivity contribution in [3.8, 4) is 0 Å². The first kappa shape index (κ1) is 19.9. The van der Waals surface area contributed by atoms with E-state index in [1.807, 2.05) is 24.3 Å². The van der Waals surface area contributed by atoms with E-state index in [0.717, 1.165) is 24.0 Å². The molecule has 1 aromatic rings. The highest BCUT2D eigenvalue weighted by molar-refractivity contribution is 6.74. The molecular formula is C21H32O3Si. The Bertz CT molecular complexity index is 646. The molecule has 3 nitrogen and oxygen atoms in total. The molecule has 0 saturated heterocycles. The Morgan fingerprint density at radius 2 is 1.96 bits per heavy atom. The summed E-state index contributed by atoms with van der Waals surface area (Å²) in [7, 11) is -1.83. The molecule has 1 unspecified atom stereocenters. The van der Waals surface area contributed by atoms with Crippen molar-refractivity contribution < 1.29 is 14.0 Å². The second kappa shape index (κ2) is 7.46. The predicted molar refractivity (Wildman–Crippen MR) is 105 cm³/mol. The lowest BCUT2D eigenvalue weighted by atomic mass is 9.99. The molecule has 1 aromatic carbocycles. The van der Waals surface area contributed by atoms with E-state index >= 15 is 0 Å². The Hall–Kier alpha value is -1.39. The number of carbonyl (C=O) groups excluding carboxylic acids is 1. The zero-order valence-electron chi connectivity index (χ0n) is 16.5. The van der Waals surface area contributed by atoms with Gasteiger partial charge >= 0.3 is 5.97 Å². The van der Waals surface area contributed by atoms with Gasteiger partial charge in [0.05, 0.1) is 12.2 Å². The molecule has 0 aromatic heterocycles. The number of carbonyl (C=O) groups is 1. The lowest BCUT2D eigenvalue weighted by Gasteiger charge is -2.42. The van der Waals surface area contributed by atoms with E-state index < -0.39 is 8.32 Å². The maximum absolute atomic E-state index is 11.9. The number of hydrogen-bond acceptors (Lipinski definition) is 3. The van der Waals surface area contributed by atoms with E-state index in [2.05, 4.69) is 47.4 Å². The summed E-state index contributed by atoms with van der Waals surface area (Å²) in [6.45, 7) is 18.5. The van der Waals surface area contributed by atoms with Crippen molar-refractivity contribution in [3.63, 3.8) is 0 Å². The summed E-state index contributed by atoms with van der Waals surface area (Å²) < 4.78 is 11.9. The second-order valence-electron chi connectivity index (χ2n) is 8.45. The summed E-state index contributed by atoms with van der Waals surface area (Å²) in [6, 6.07) is 7.63. The summed E-state index contributed by atoms with van der Waals surface area (Å²) in [5.41, 5.74) is 2.76. The van der Waals surface area contributed by atoms with Crippen molar-refractivity contribution in [2.75, 3.05) is 6.61 Å². The Morgan fingerprint density at radius 1 is 1.32 bits per heavy atom. The van der Waals surface area contributed by atoms with Gasteiger partial charge < -0.3 is 9.16 Å². The molecule has 4 heteroatoms. The minimum Gasteiger partial charge on any atom is -0.454 e. The third-order valence-electron chi connectivity index (χ3n) is 6.17. The van der Waals surface area contributed by atoms with Crippen LogP contribution in [0.1, 0.15) is 62.6 Å². The lowest BCUT2D eigenvalue weighted by molar-refractivity contribution is 0.0368. The molecule has 2 rings (SSSR count). The van der Waals surface area contributed by atoms with Crippen LogP contribution in [0.3, 0.4) is 0 Å².